The van der Waals surface area contributed by atoms with Crippen molar-refractivity contribution in [3.8, 4) is 17.2 Å². The molecule has 0 atom stereocenters. The Kier molecular flexibility index (Phi) is 8.69. The Morgan fingerprint density at radius 3 is 2.30 bits per heavy atom. The molecule has 1 aliphatic rings. The van der Waals surface area contributed by atoms with Gasteiger partial charge in [-0.1, -0.05) is 54.2 Å². The van der Waals surface area contributed by atoms with E-state index in [9.17, 15) is 23.3 Å². The number of nitrogens with zero attached hydrogens (tertiary/aromatic N) is 1. The van der Waals surface area contributed by atoms with E-state index in [4.69, 9.17) is 14.2 Å². The lowest BCUT2D eigenvalue weighted by molar-refractivity contribution is -0.386. The smallest absolute Gasteiger partial charge is 0.311 e. The fraction of sp³-hybridized carbons (Fsp3) is 0.129. The van der Waals surface area contributed by atoms with Gasteiger partial charge in [0.25, 0.3) is 5.91 Å². The number of hydrogen-bond donors (Lipinski definition) is 1. The second-order valence-corrected chi connectivity index (χ2v) is 12.5. The van der Waals surface area contributed by atoms with Crippen LogP contribution in [0.4, 0.5) is 11.4 Å². The SMILES string of the molecule is COc1cccc(OC)c1CS(=O)(=O)c1ccc2c(c1)NC(=O)/C(=C\c1ccc(OCc3ccccc3)c([N+](=O)[O-])c1)S2. The third kappa shape index (κ3) is 6.65. The maximum atomic E-state index is 13.3. The molecule has 0 unspecified atom stereocenters. The summed E-state index contributed by atoms with van der Waals surface area (Å²) in [6.45, 7) is 0.168. The predicted octanol–water partition coefficient (Wildman–Crippen LogP) is 6.25. The molecule has 0 saturated carbocycles. The van der Waals surface area contributed by atoms with Crippen LogP contribution in [-0.4, -0.2) is 33.5 Å². The number of carbonyl (C=O) groups is 1. The van der Waals surface area contributed by atoms with Crippen molar-refractivity contribution in [2.24, 2.45) is 0 Å². The van der Waals surface area contributed by atoms with Crippen LogP contribution < -0.4 is 19.5 Å². The van der Waals surface area contributed by atoms with E-state index >= 15 is 0 Å². The van der Waals surface area contributed by atoms with Gasteiger partial charge < -0.3 is 19.5 Å². The molecule has 1 heterocycles. The van der Waals surface area contributed by atoms with E-state index in [0.29, 0.717) is 33.2 Å². The van der Waals surface area contributed by atoms with Gasteiger partial charge in [-0.2, -0.15) is 0 Å². The van der Waals surface area contributed by atoms with Crippen molar-refractivity contribution in [2.45, 2.75) is 22.2 Å². The van der Waals surface area contributed by atoms with Crippen LogP contribution in [0.15, 0.2) is 99.6 Å². The number of rotatable bonds is 10. The number of nitrogens with one attached hydrogen (secondary N) is 1. The molecular weight excluding hydrogens is 592 g/mol. The van der Waals surface area contributed by atoms with Crippen molar-refractivity contribution in [1.29, 1.82) is 0 Å². The standard InChI is InChI=1S/C31H26N2O8S2/c1-39-26-9-6-10-27(40-2)23(26)19-43(37,38)22-12-14-29-24(17-22)32-31(34)30(42-29)16-21-11-13-28(25(15-21)33(35)36)41-18-20-7-4-3-5-8-20/h3-17H,18-19H2,1-2H3,(H,32,34)/b30-16+. The van der Waals surface area contributed by atoms with Crippen LogP contribution >= 0.6 is 11.8 Å². The van der Waals surface area contributed by atoms with Crippen LogP contribution in [0.25, 0.3) is 6.08 Å². The molecule has 0 aliphatic carbocycles. The average Bonchev–Trinajstić information content (AvgIpc) is 3.00. The molecular formula is C31H26N2O8S2. The van der Waals surface area contributed by atoms with Gasteiger partial charge in [0, 0.05) is 11.0 Å². The summed E-state index contributed by atoms with van der Waals surface area (Å²) in [5.74, 6) is 0.0490. The second kappa shape index (κ2) is 12.6. The van der Waals surface area contributed by atoms with Crippen molar-refractivity contribution < 1.29 is 32.3 Å². The molecule has 1 N–H and O–H groups in total. The molecule has 5 rings (SSSR count). The molecule has 0 bridgehead atoms. The lowest BCUT2D eigenvalue weighted by Crippen LogP contribution is -2.18. The zero-order valence-electron chi connectivity index (χ0n) is 23.1. The number of amides is 1. The van der Waals surface area contributed by atoms with Gasteiger partial charge in [0.2, 0.25) is 0 Å². The van der Waals surface area contributed by atoms with E-state index in [1.807, 2.05) is 30.3 Å². The second-order valence-electron chi connectivity index (χ2n) is 9.38. The number of sulfone groups is 1. The van der Waals surface area contributed by atoms with Crippen molar-refractivity contribution in [3.05, 3.63) is 117 Å². The van der Waals surface area contributed by atoms with Crippen molar-refractivity contribution in [1.82, 2.24) is 0 Å². The predicted molar refractivity (Wildman–Crippen MR) is 163 cm³/mol. The molecule has 4 aromatic carbocycles. The largest absolute Gasteiger partial charge is 0.496 e. The van der Waals surface area contributed by atoms with E-state index in [1.54, 1.807) is 30.3 Å². The number of benzene rings is 4. The highest BCUT2D eigenvalue weighted by atomic mass is 32.2. The zero-order valence-corrected chi connectivity index (χ0v) is 24.7. The minimum Gasteiger partial charge on any atom is -0.496 e. The molecule has 220 valence electrons. The number of methoxy groups -OCH3 is 2. The van der Waals surface area contributed by atoms with Crippen LogP contribution in [0, 0.1) is 10.1 Å². The first-order valence-electron chi connectivity index (χ1n) is 12.9. The molecule has 0 saturated heterocycles. The molecule has 1 amide bonds. The van der Waals surface area contributed by atoms with Gasteiger partial charge in [-0.25, -0.2) is 8.42 Å². The van der Waals surface area contributed by atoms with E-state index in [1.165, 1.54) is 44.6 Å². The van der Waals surface area contributed by atoms with Crippen LogP contribution in [0.3, 0.4) is 0 Å². The molecule has 1 aliphatic heterocycles. The van der Waals surface area contributed by atoms with Gasteiger partial charge in [-0.15, -0.1) is 0 Å². The van der Waals surface area contributed by atoms with Crippen molar-refractivity contribution in [2.75, 3.05) is 19.5 Å². The molecule has 0 radical (unpaired) electrons. The van der Waals surface area contributed by atoms with Gasteiger partial charge in [0.05, 0.1) is 45.9 Å². The van der Waals surface area contributed by atoms with Gasteiger partial charge in [-0.3, -0.25) is 14.9 Å². The number of fused-ring (bicyclic) bond motifs is 1. The van der Waals surface area contributed by atoms with Crippen LogP contribution in [0.1, 0.15) is 16.7 Å². The summed E-state index contributed by atoms with van der Waals surface area (Å²) in [5, 5.41) is 14.5. The number of anilines is 1. The minimum absolute atomic E-state index is 0.0225. The van der Waals surface area contributed by atoms with E-state index in [0.717, 1.165) is 17.3 Å². The Balaban J connectivity index is 1.37. The number of carbonyl (C=O) groups excluding carboxylic acids is 1. The Hall–Kier alpha value is -4.81. The molecule has 10 nitrogen and oxygen atoms in total. The van der Waals surface area contributed by atoms with Gasteiger partial charge in [0.15, 0.2) is 15.6 Å². The van der Waals surface area contributed by atoms with Crippen LogP contribution in [0.2, 0.25) is 0 Å². The molecule has 0 fully saturated rings. The molecule has 0 spiro atoms. The molecule has 0 aromatic heterocycles. The normalized spacial score (nSPS) is 13.6. The lowest BCUT2D eigenvalue weighted by atomic mass is 10.1. The number of hydrogen-bond acceptors (Lipinski definition) is 9. The Morgan fingerprint density at radius 1 is 0.907 bits per heavy atom. The number of nitro benzene ring substituents is 1. The number of thioether (sulfide) groups is 1. The number of ether oxygens (including phenoxy) is 3. The summed E-state index contributed by atoms with van der Waals surface area (Å²) in [5.41, 5.74) is 1.81. The van der Waals surface area contributed by atoms with Crippen molar-refractivity contribution >= 4 is 45.0 Å². The lowest BCUT2D eigenvalue weighted by Gasteiger charge is -2.20. The summed E-state index contributed by atoms with van der Waals surface area (Å²) in [7, 11) is -0.937. The quantitative estimate of drug-likeness (QED) is 0.124. The fourth-order valence-electron chi connectivity index (χ4n) is 4.45. The third-order valence-electron chi connectivity index (χ3n) is 6.58. The van der Waals surface area contributed by atoms with E-state index < -0.39 is 20.7 Å². The Labute approximate surface area is 252 Å². The van der Waals surface area contributed by atoms with E-state index in [-0.39, 0.29) is 33.6 Å². The minimum atomic E-state index is -3.84. The van der Waals surface area contributed by atoms with E-state index in [2.05, 4.69) is 5.32 Å². The summed E-state index contributed by atoms with van der Waals surface area (Å²) in [6.07, 6.45) is 1.54. The first-order chi connectivity index (χ1) is 20.7. The Bertz CT molecular complexity index is 1820. The highest BCUT2D eigenvalue weighted by Crippen LogP contribution is 2.41. The summed E-state index contributed by atoms with van der Waals surface area (Å²) >= 11 is 1.13. The maximum Gasteiger partial charge on any atom is 0.311 e. The topological polar surface area (TPSA) is 134 Å². The summed E-state index contributed by atoms with van der Waals surface area (Å²) in [6, 6.07) is 23.3. The number of nitro groups is 1. The highest BCUT2D eigenvalue weighted by Gasteiger charge is 2.26. The monoisotopic (exact) mass is 618 g/mol. The molecule has 43 heavy (non-hydrogen) atoms. The zero-order chi connectivity index (χ0) is 30.6. The van der Waals surface area contributed by atoms with Crippen LogP contribution in [-0.2, 0) is 27.0 Å². The first-order valence-corrected chi connectivity index (χ1v) is 15.4. The Morgan fingerprint density at radius 2 is 1.63 bits per heavy atom. The molecule has 4 aromatic rings. The van der Waals surface area contributed by atoms with Crippen LogP contribution in [0.5, 0.6) is 17.2 Å². The summed E-state index contributed by atoms with van der Waals surface area (Å²) in [4.78, 5) is 25.1. The average molecular weight is 619 g/mol. The summed E-state index contributed by atoms with van der Waals surface area (Å²) < 4.78 is 43.1. The third-order valence-corrected chi connectivity index (χ3v) is 9.32. The first kappa shape index (κ1) is 29.7. The van der Waals surface area contributed by atoms with Gasteiger partial charge in [0.1, 0.15) is 18.1 Å². The maximum absolute atomic E-state index is 13.3. The molecule has 12 heteroatoms. The highest BCUT2D eigenvalue weighted by molar-refractivity contribution is 8.04. The van der Waals surface area contributed by atoms with Gasteiger partial charge in [-0.05, 0) is 53.6 Å². The van der Waals surface area contributed by atoms with Crippen molar-refractivity contribution in [3.63, 3.8) is 0 Å². The fourth-order valence-corrected chi connectivity index (χ4v) is 6.79. The van der Waals surface area contributed by atoms with Gasteiger partial charge >= 0.3 is 5.69 Å².